The van der Waals surface area contributed by atoms with Crippen molar-refractivity contribution in [3.8, 4) is 0 Å². The number of rotatable bonds is 4. The average Bonchev–Trinajstić information content (AvgIpc) is 2.67. The lowest BCUT2D eigenvalue weighted by atomic mass is 10.1. The van der Waals surface area contributed by atoms with Crippen molar-refractivity contribution in [2.75, 3.05) is 25.5 Å². The Morgan fingerprint density at radius 1 is 1.23 bits per heavy atom. The van der Waals surface area contributed by atoms with E-state index < -0.39 is 6.10 Å². The molecule has 1 unspecified atom stereocenters. The Kier molecular flexibility index (Phi) is 5.43. The number of hydrogen-bond donors (Lipinski definition) is 3. The molecule has 1 aliphatic heterocycles. The van der Waals surface area contributed by atoms with Crippen molar-refractivity contribution in [2.24, 2.45) is 0 Å². The highest BCUT2D eigenvalue weighted by Gasteiger charge is 2.24. The van der Waals surface area contributed by atoms with Gasteiger partial charge in [-0.15, -0.1) is 0 Å². The normalized spacial score (nSPS) is 16.8. The van der Waals surface area contributed by atoms with Crippen molar-refractivity contribution < 1.29 is 14.7 Å². The van der Waals surface area contributed by atoms with Crippen LogP contribution in [0, 0.1) is 0 Å². The summed E-state index contributed by atoms with van der Waals surface area (Å²) in [5, 5.41) is 15.4. The number of amides is 2. The minimum atomic E-state index is -0.481. The third kappa shape index (κ3) is 4.15. The van der Waals surface area contributed by atoms with Gasteiger partial charge in [-0.1, -0.05) is 0 Å². The Morgan fingerprint density at radius 3 is 2.69 bits per heavy atom. The number of aromatic nitrogens is 2. The van der Waals surface area contributed by atoms with Crippen molar-refractivity contribution in [2.45, 2.75) is 18.9 Å². The van der Waals surface area contributed by atoms with Gasteiger partial charge < -0.3 is 20.6 Å². The standard InChI is InChI=1S/C18H21N5O3/c1-19-17(25)12-4-6-13(7-5-12)22-16-9-15(20-11-21-16)18(26)23-8-2-3-14(24)10-23/h4-7,9,11,14,24H,2-3,8,10H2,1H3,(H,19,25)(H,20,21,22). The van der Waals surface area contributed by atoms with Crippen LogP contribution in [0.2, 0.25) is 0 Å². The fourth-order valence-corrected chi connectivity index (χ4v) is 2.84. The second-order valence-corrected chi connectivity index (χ2v) is 6.12. The van der Waals surface area contributed by atoms with Crippen molar-refractivity contribution in [1.29, 1.82) is 0 Å². The Bertz CT molecular complexity index is 794. The van der Waals surface area contributed by atoms with Crippen LogP contribution in [0.3, 0.4) is 0 Å². The van der Waals surface area contributed by atoms with E-state index >= 15 is 0 Å². The van der Waals surface area contributed by atoms with Gasteiger partial charge in [-0.25, -0.2) is 9.97 Å². The number of carbonyl (C=O) groups is 2. The number of hydrogen-bond acceptors (Lipinski definition) is 6. The monoisotopic (exact) mass is 355 g/mol. The van der Waals surface area contributed by atoms with Gasteiger partial charge >= 0.3 is 0 Å². The van der Waals surface area contributed by atoms with Crippen LogP contribution in [0.25, 0.3) is 0 Å². The minimum Gasteiger partial charge on any atom is -0.391 e. The smallest absolute Gasteiger partial charge is 0.272 e. The Morgan fingerprint density at radius 2 is 2.00 bits per heavy atom. The number of aliphatic hydroxyl groups excluding tert-OH is 1. The van der Waals surface area contributed by atoms with E-state index in [0.29, 0.717) is 30.9 Å². The molecule has 0 aliphatic carbocycles. The Hall–Kier alpha value is -3.00. The van der Waals surface area contributed by atoms with Gasteiger partial charge in [-0.05, 0) is 37.1 Å². The van der Waals surface area contributed by atoms with E-state index in [4.69, 9.17) is 0 Å². The first kappa shape index (κ1) is 17.8. The van der Waals surface area contributed by atoms with Crippen molar-refractivity contribution in [3.63, 3.8) is 0 Å². The van der Waals surface area contributed by atoms with Gasteiger partial charge in [0.25, 0.3) is 11.8 Å². The molecule has 136 valence electrons. The molecule has 1 aliphatic rings. The number of β-amino-alcohol motifs (C(OH)–C–C–N with tert-alkyl or cyclic N) is 1. The molecule has 1 aromatic carbocycles. The molecule has 3 N–H and O–H groups in total. The zero-order chi connectivity index (χ0) is 18.5. The molecule has 0 radical (unpaired) electrons. The second-order valence-electron chi connectivity index (χ2n) is 6.12. The van der Waals surface area contributed by atoms with Crippen LogP contribution in [-0.4, -0.2) is 58.0 Å². The highest BCUT2D eigenvalue weighted by atomic mass is 16.3. The minimum absolute atomic E-state index is 0.157. The maximum absolute atomic E-state index is 12.6. The zero-order valence-corrected chi connectivity index (χ0v) is 14.5. The van der Waals surface area contributed by atoms with Gasteiger partial charge in [0.1, 0.15) is 17.8 Å². The Balaban J connectivity index is 1.71. The number of aliphatic hydroxyl groups is 1. The van der Waals surface area contributed by atoms with E-state index in [1.54, 1.807) is 42.3 Å². The molecule has 2 amide bonds. The SMILES string of the molecule is CNC(=O)c1ccc(Nc2cc(C(=O)N3CCCC(O)C3)ncn2)cc1. The molecule has 1 aromatic heterocycles. The third-order valence-corrected chi connectivity index (χ3v) is 4.22. The van der Waals surface area contributed by atoms with Crippen molar-refractivity contribution in [3.05, 3.63) is 47.9 Å². The lowest BCUT2D eigenvalue weighted by Gasteiger charge is -2.29. The number of nitrogens with zero attached hydrogens (tertiary/aromatic N) is 3. The van der Waals surface area contributed by atoms with E-state index in [0.717, 1.165) is 12.1 Å². The maximum atomic E-state index is 12.6. The first-order valence-corrected chi connectivity index (χ1v) is 8.45. The van der Waals surface area contributed by atoms with Crippen LogP contribution >= 0.6 is 0 Å². The lowest BCUT2D eigenvalue weighted by molar-refractivity contribution is 0.0469. The summed E-state index contributed by atoms with van der Waals surface area (Å²) in [6.07, 6.45) is 2.34. The van der Waals surface area contributed by atoms with Crippen molar-refractivity contribution >= 4 is 23.3 Å². The van der Waals surface area contributed by atoms with Crippen LogP contribution in [-0.2, 0) is 0 Å². The lowest BCUT2D eigenvalue weighted by Crippen LogP contribution is -2.42. The fraction of sp³-hybridized carbons (Fsp3) is 0.333. The van der Waals surface area contributed by atoms with Crippen LogP contribution < -0.4 is 10.6 Å². The zero-order valence-electron chi connectivity index (χ0n) is 14.5. The maximum Gasteiger partial charge on any atom is 0.272 e. The van der Waals surface area contributed by atoms with Gasteiger partial charge in [-0.2, -0.15) is 0 Å². The molecule has 2 aromatic rings. The molecule has 0 spiro atoms. The second kappa shape index (κ2) is 7.92. The molecule has 1 fully saturated rings. The van der Waals surface area contributed by atoms with Crippen LogP contribution in [0.5, 0.6) is 0 Å². The molecule has 1 saturated heterocycles. The van der Waals surface area contributed by atoms with Crippen molar-refractivity contribution in [1.82, 2.24) is 20.2 Å². The summed E-state index contributed by atoms with van der Waals surface area (Å²) in [5.74, 6) is 0.105. The summed E-state index contributed by atoms with van der Waals surface area (Å²) >= 11 is 0. The molecular formula is C18H21N5O3. The highest BCUT2D eigenvalue weighted by molar-refractivity contribution is 5.94. The summed E-state index contributed by atoms with van der Waals surface area (Å²) in [6, 6.07) is 8.49. The van der Waals surface area contributed by atoms with Gasteiger partial charge in [0.2, 0.25) is 0 Å². The highest BCUT2D eigenvalue weighted by Crippen LogP contribution is 2.17. The first-order valence-electron chi connectivity index (χ1n) is 8.45. The van der Waals surface area contributed by atoms with Gasteiger partial charge in [-0.3, -0.25) is 9.59 Å². The summed E-state index contributed by atoms with van der Waals surface area (Å²) in [6.45, 7) is 0.941. The quantitative estimate of drug-likeness (QED) is 0.760. The molecule has 3 rings (SSSR count). The number of nitrogens with one attached hydrogen (secondary N) is 2. The van der Waals surface area contributed by atoms with E-state index in [1.165, 1.54) is 6.33 Å². The van der Waals surface area contributed by atoms with Crippen LogP contribution in [0.1, 0.15) is 33.7 Å². The van der Waals surface area contributed by atoms with Crippen LogP contribution in [0.15, 0.2) is 36.7 Å². The summed E-state index contributed by atoms with van der Waals surface area (Å²) in [4.78, 5) is 33.9. The molecule has 8 heteroatoms. The first-order chi connectivity index (χ1) is 12.6. The predicted molar refractivity (Wildman–Crippen MR) is 96.3 cm³/mol. The topological polar surface area (TPSA) is 107 Å². The molecule has 0 saturated carbocycles. The molecule has 1 atom stereocenters. The van der Waals surface area contributed by atoms with Gasteiger partial charge in [0.05, 0.1) is 6.10 Å². The molecule has 0 bridgehead atoms. The molecular weight excluding hydrogens is 334 g/mol. The number of anilines is 2. The third-order valence-electron chi connectivity index (χ3n) is 4.22. The number of benzene rings is 1. The van der Waals surface area contributed by atoms with E-state index in [1.807, 2.05) is 0 Å². The molecule has 26 heavy (non-hydrogen) atoms. The van der Waals surface area contributed by atoms with E-state index in [9.17, 15) is 14.7 Å². The number of carbonyl (C=O) groups excluding carboxylic acids is 2. The number of piperidine rings is 1. The van der Waals surface area contributed by atoms with Gasteiger partial charge in [0, 0.05) is 37.5 Å². The van der Waals surface area contributed by atoms with E-state index in [2.05, 4.69) is 20.6 Å². The van der Waals surface area contributed by atoms with Crippen LogP contribution in [0.4, 0.5) is 11.5 Å². The van der Waals surface area contributed by atoms with E-state index in [-0.39, 0.29) is 17.5 Å². The number of likely N-dealkylation sites (tertiary alicyclic amines) is 1. The molecule has 2 heterocycles. The molecule has 8 nitrogen and oxygen atoms in total. The van der Waals surface area contributed by atoms with Gasteiger partial charge in [0.15, 0.2) is 0 Å². The largest absolute Gasteiger partial charge is 0.391 e. The predicted octanol–water partition coefficient (Wildman–Crippen LogP) is 1.18. The average molecular weight is 355 g/mol. The summed E-state index contributed by atoms with van der Waals surface area (Å²) in [5.41, 5.74) is 1.57. The summed E-state index contributed by atoms with van der Waals surface area (Å²) < 4.78 is 0. The Labute approximate surface area is 151 Å². The fourth-order valence-electron chi connectivity index (χ4n) is 2.84. The summed E-state index contributed by atoms with van der Waals surface area (Å²) in [7, 11) is 1.58.